The van der Waals surface area contributed by atoms with Crippen molar-refractivity contribution in [3.8, 4) is 17.2 Å². The van der Waals surface area contributed by atoms with Crippen molar-refractivity contribution in [2.45, 2.75) is 18.2 Å². The zero-order valence-electron chi connectivity index (χ0n) is 17.9. The predicted octanol–water partition coefficient (Wildman–Crippen LogP) is 4.31. The Hall–Kier alpha value is -3.78. The van der Waals surface area contributed by atoms with E-state index < -0.39 is 5.25 Å². The third-order valence-electron chi connectivity index (χ3n) is 5.10. The summed E-state index contributed by atoms with van der Waals surface area (Å²) in [5, 5.41) is 4.24. The van der Waals surface area contributed by atoms with E-state index in [9.17, 15) is 14.4 Å². The largest absolute Gasteiger partial charge is 0.496 e. The van der Waals surface area contributed by atoms with Gasteiger partial charge in [0.05, 0.1) is 12.4 Å². The molecule has 1 saturated heterocycles. The first-order valence-electron chi connectivity index (χ1n) is 10.3. The Balaban J connectivity index is 1.56. The van der Waals surface area contributed by atoms with Crippen LogP contribution in [0.2, 0.25) is 0 Å². The minimum Gasteiger partial charge on any atom is -0.496 e. The van der Waals surface area contributed by atoms with Gasteiger partial charge in [0, 0.05) is 17.7 Å². The minimum absolute atomic E-state index is 0.248. The number of carbonyl (C=O) groups excluding carboxylic acids is 3. The summed E-state index contributed by atoms with van der Waals surface area (Å²) in [6.45, 7) is 0.301. The molecule has 4 rings (SSSR count). The number of methoxy groups -OCH3 is 1. The molecule has 0 aromatic heterocycles. The van der Waals surface area contributed by atoms with E-state index in [-0.39, 0.29) is 23.5 Å². The fraction of sp³-hybridized carbons (Fsp3) is 0.160. The Morgan fingerprint density at radius 3 is 2.45 bits per heavy atom. The lowest BCUT2D eigenvalue weighted by Crippen LogP contribution is -2.26. The summed E-state index contributed by atoms with van der Waals surface area (Å²) in [6.07, 6.45) is 0.248. The Morgan fingerprint density at radius 1 is 0.970 bits per heavy atom. The summed E-state index contributed by atoms with van der Waals surface area (Å²) in [4.78, 5) is 36.6. The van der Waals surface area contributed by atoms with Gasteiger partial charge in [0.2, 0.25) is 5.91 Å². The van der Waals surface area contributed by atoms with Gasteiger partial charge in [-0.05, 0) is 48.4 Å². The van der Waals surface area contributed by atoms with E-state index in [1.165, 1.54) is 0 Å². The molecule has 7 nitrogen and oxygen atoms in total. The average molecular weight is 463 g/mol. The van der Waals surface area contributed by atoms with E-state index >= 15 is 0 Å². The molecule has 0 spiro atoms. The van der Waals surface area contributed by atoms with Crippen LogP contribution >= 0.6 is 11.8 Å². The fourth-order valence-electron chi connectivity index (χ4n) is 3.45. The standard InChI is InChI=1S/C25H22N2O5S/c1-31-20-10-6-5-7-17(20)15-26-23(28)16-11-12-21(32-19-8-3-2-4-9-19)18(13-16)14-22-24(29)27-25(30)33-22/h2-13,22H,14-15H2,1H3,(H,26,28)(H,27,29,30). The summed E-state index contributed by atoms with van der Waals surface area (Å²) >= 11 is 0.940. The van der Waals surface area contributed by atoms with Gasteiger partial charge in [-0.15, -0.1) is 0 Å². The van der Waals surface area contributed by atoms with E-state index in [0.29, 0.717) is 34.9 Å². The summed E-state index contributed by atoms with van der Waals surface area (Å²) < 4.78 is 11.3. The Labute approximate surface area is 195 Å². The van der Waals surface area contributed by atoms with Crippen LogP contribution in [0.15, 0.2) is 72.8 Å². The molecule has 1 fully saturated rings. The van der Waals surface area contributed by atoms with Gasteiger partial charge in [-0.2, -0.15) is 0 Å². The van der Waals surface area contributed by atoms with Crippen LogP contribution in [0.25, 0.3) is 0 Å². The van der Waals surface area contributed by atoms with E-state index in [1.54, 1.807) is 25.3 Å². The van der Waals surface area contributed by atoms with Crippen LogP contribution in [0.3, 0.4) is 0 Å². The van der Waals surface area contributed by atoms with Crippen molar-refractivity contribution < 1.29 is 23.9 Å². The summed E-state index contributed by atoms with van der Waals surface area (Å²) in [5.41, 5.74) is 1.94. The van der Waals surface area contributed by atoms with Crippen molar-refractivity contribution in [3.05, 3.63) is 89.5 Å². The molecule has 1 heterocycles. The van der Waals surface area contributed by atoms with E-state index in [2.05, 4.69) is 10.6 Å². The fourth-order valence-corrected chi connectivity index (χ4v) is 4.30. The number of thioether (sulfide) groups is 1. The molecular formula is C25H22N2O5S. The zero-order valence-corrected chi connectivity index (χ0v) is 18.7. The highest BCUT2D eigenvalue weighted by Gasteiger charge is 2.32. The zero-order chi connectivity index (χ0) is 23.2. The van der Waals surface area contributed by atoms with Gasteiger partial charge in [-0.1, -0.05) is 48.2 Å². The maximum Gasteiger partial charge on any atom is 0.286 e. The topological polar surface area (TPSA) is 93.7 Å². The lowest BCUT2D eigenvalue weighted by Gasteiger charge is -2.15. The Kier molecular flexibility index (Phi) is 6.95. The van der Waals surface area contributed by atoms with Crippen molar-refractivity contribution in [1.29, 1.82) is 0 Å². The third-order valence-corrected chi connectivity index (χ3v) is 6.08. The molecule has 1 unspecified atom stereocenters. The molecule has 2 N–H and O–H groups in total. The molecule has 1 aliphatic heterocycles. The molecule has 0 bridgehead atoms. The molecule has 1 aliphatic rings. The van der Waals surface area contributed by atoms with Crippen molar-refractivity contribution in [3.63, 3.8) is 0 Å². The third kappa shape index (κ3) is 5.53. The lowest BCUT2D eigenvalue weighted by atomic mass is 10.0. The number of carbonyl (C=O) groups is 3. The van der Waals surface area contributed by atoms with Crippen molar-refractivity contribution in [2.24, 2.45) is 0 Å². The lowest BCUT2D eigenvalue weighted by molar-refractivity contribution is -0.118. The molecule has 3 aromatic carbocycles. The molecule has 1 atom stereocenters. The average Bonchev–Trinajstić information content (AvgIpc) is 3.15. The number of imide groups is 1. The van der Waals surface area contributed by atoms with Crippen LogP contribution in [-0.2, 0) is 17.8 Å². The number of hydrogen-bond donors (Lipinski definition) is 2. The van der Waals surface area contributed by atoms with Gasteiger partial charge in [0.15, 0.2) is 0 Å². The molecule has 0 saturated carbocycles. The number of ether oxygens (including phenoxy) is 2. The first kappa shape index (κ1) is 22.4. The van der Waals surface area contributed by atoms with Gasteiger partial charge >= 0.3 is 0 Å². The van der Waals surface area contributed by atoms with Gasteiger partial charge in [-0.3, -0.25) is 19.7 Å². The number of benzene rings is 3. The van der Waals surface area contributed by atoms with Gasteiger partial charge in [0.1, 0.15) is 17.2 Å². The van der Waals surface area contributed by atoms with Crippen LogP contribution in [0.4, 0.5) is 4.79 Å². The molecule has 0 aliphatic carbocycles. The van der Waals surface area contributed by atoms with Crippen LogP contribution in [-0.4, -0.2) is 29.4 Å². The Bertz CT molecular complexity index is 1180. The van der Waals surface area contributed by atoms with E-state index in [0.717, 1.165) is 17.3 Å². The molecule has 3 amide bonds. The predicted molar refractivity (Wildman–Crippen MR) is 126 cm³/mol. The van der Waals surface area contributed by atoms with Gasteiger partial charge < -0.3 is 14.8 Å². The highest BCUT2D eigenvalue weighted by molar-refractivity contribution is 8.15. The molecule has 0 radical (unpaired) electrons. The second-order valence-electron chi connectivity index (χ2n) is 7.32. The van der Waals surface area contributed by atoms with Crippen molar-refractivity contribution in [2.75, 3.05) is 7.11 Å². The van der Waals surface area contributed by atoms with Crippen molar-refractivity contribution in [1.82, 2.24) is 10.6 Å². The highest BCUT2D eigenvalue weighted by atomic mass is 32.2. The van der Waals surface area contributed by atoms with E-state index in [4.69, 9.17) is 9.47 Å². The van der Waals surface area contributed by atoms with Crippen LogP contribution in [0.1, 0.15) is 21.5 Å². The second-order valence-corrected chi connectivity index (χ2v) is 8.49. The number of hydrogen-bond acceptors (Lipinski definition) is 6. The Morgan fingerprint density at radius 2 is 1.73 bits per heavy atom. The maximum atomic E-state index is 12.9. The number of rotatable bonds is 8. The maximum absolute atomic E-state index is 12.9. The van der Waals surface area contributed by atoms with Crippen molar-refractivity contribution >= 4 is 28.8 Å². The minimum atomic E-state index is -0.581. The van der Waals surface area contributed by atoms with Crippen LogP contribution in [0, 0.1) is 0 Å². The highest BCUT2D eigenvalue weighted by Crippen LogP contribution is 2.31. The molecule has 3 aromatic rings. The van der Waals surface area contributed by atoms with Gasteiger partial charge in [-0.25, -0.2) is 0 Å². The summed E-state index contributed by atoms with van der Waals surface area (Å²) in [5.74, 6) is 1.23. The van der Waals surface area contributed by atoms with E-state index in [1.807, 2.05) is 54.6 Å². The van der Waals surface area contributed by atoms with Crippen LogP contribution < -0.4 is 20.1 Å². The summed E-state index contributed by atoms with van der Waals surface area (Å²) in [7, 11) is 1.58. The first-order valence-corrected chi connectivity index (χ1v) is 11.2. The molecule has 8 heteroatoms. The molecular weight excluding hydrogens is 440 g/mol. The smallest absolute Gasteiger partial charge is 0.286 e. The molecule has 33 heavy (non-hydrogen) atoms. The SMILES string of the molecule is COc1ccccc1CNC(=O)c1ccc(Oc2ccccc2)c(CC2SC(=O)NC2=O)c1. The van der Waals surface area contributed by atoms with Gasteiger partial charge in [0.25, 0.3) is 11.1 Å². The first-order chi connectivity index (χ1) is 16.0. The number of nitrogens with one attached hydrogen (secondary N) is 2. The monoisotopic (exact) mass is 462 g/mol. The van der Waals surface area contributed by atoms with Crippen LogP contribution in [0.5, 0.6) is 17.2 Å². The summed E-state index contributed by atoms with van der Waals surface area (Å²) in [6, 6.07) is 21.8. The number of amides is 3. The second kappa shape index (κ2) is 10.2. The normalized spacial score (nSPS) is 15.1. The quantitative estimate of drug-likeness (QED) is 0.518. The molecule has 168 valence electrons. The number of para-hydroxylation sites is 2.